The second kappa shape index (κ2) is 3.96. The van der Waals surface area contributed by atoms with E-state index >= 15 is 0 Å². The number of carbonyl (C=O) groups is 1. The number of nitrogens with zero attached hydrogens (tertiary/aromatic N) is 1. The molecule has 80 valence electrons. The Balaban J connectivity index is 2.13. The first-order valence-electron chi connectivity index (χ1n) is 5.43. The molecular formula is C10H18N2O2. The van der Waals surface area contributed by atoms with Crippen LogP contribution >= 0.6 is 0 Å². The number of carbonyl (C=O) groups excluding carboxylic acids is 1. The lowest BCUT2D eigenvalue weighted by atomic mass is 9.99. The molecule has 14 heavy (non-hydrogen) atoms. The van der Waals surface area contributed by atoms with Gasteiger partial charge in [0, 0.05) is 25.4 Å². The van der Waals surface area contributed by atoms with Crippen LogP contribution in [0.1, 0.15) is 20.3 Å². The van der Waals surface area contributed by atoms with Crippen molar-refractivity contribution in [1.29, 1.82) is 0 Å². The van der Waals surface area contributed by atoms with Gasteiger partial charge in [-0.15, -0.1) is 0 Å². The summed E-state index contributed by atoms with van der Waals surface area (Å²) in [4.78, 5) is 19.4. The summed E-state index contributed by atoms with van der Waals surface area (Å²) in [6.45, 7) is 6.84. The van der Waals surface area contributed by atoms with Crippen LogP contribution in [0.4, 0.5) is 0 Å². The summed E-state index contributed by atoms with van der Waals surface area (Å²) in [5.74, 6) is 0.804. The average molecular weight is 198 g/mol. The van der Waals surface area contributed by atoms with E-state index < -0.39 is 0 Å². The SMILES string of the molecule is CCC(=O)C1C2ONCC2CN1CC. The lowest BCUT2D eigenvalue weighted by Crippen LogP contribution is -2.42. The number of nitrogens with one attached hydrogen (secondary N) is 1. The van der Waals surface area contributed by atoms with Gasteiger partial charge in [0.15, 0.2) is 5.78 Å². The predicted molar refractivity (Wildman–Crippen MR) is 52.7 cm³/mol. The largest absolute Gasteiger partial charge is 0.298 e. The van der Waals surface area contributed by atoms with E-state index in [-0.39, 0.29) is 12.1 Å². The van der Waals surface area contributed by atoms with Crippen LogP contribution in [0, 0.1) is 5.92 Å². The van der Waals surface area contributed by atoms with Crippen molar-refractivity contribution in [2.24, 2.45) is 5.92 Å². The van der Waals surface area contributed by atoms with E-state index in [1.807, 2.05) is 6.92 Å². The molecule has 2 saturated heterocycles. The number of likely N-dealkylation sites (N-methyl/N-ethyl adjacent to an activating group) is 1. The van der Waals surface area contributed by atoms with Gasteiger partial charge in [0.1, 0.15) is 6.10 Å². The third kappa shape index (κ3) is 1.47. The number of Topliss-reactive ketones (excluding diaryl/α,β-unsaturated/α-hetero) is 1. The minimum Gasteiger partial charge on any atom is -0.298 e. The molecule has 0 aromatic rings. The minimum absolute atomic E-state index is 0.00926. The van der Waals surface area contributed by atoms with Crippen LogP contribution in [0.3, 0.4) is 0 Å². The van der Waals surface area contributed by atoms with Crippen LogP contribution in [-0.2, 0) is 9.63 Å². The number of hydrogen-bond donors (Lipinski definition) is 1. The van der Waals surface area contributed by atoms with E-state index in [1.165, 1.54) is 0 Å². The highest BCUT2D eigenvalue weighted by Gasteiger charge is 2.47. The number of hydroxylamine groups is 1. The fourth-order valence-electron chi connectivity index (χ4n) is 2.50. The summed E-state index contributed by atoms with van der Waals surface area (Å²) in [5, 5.41) is 0. The molecule has 4 nitrogen and oxygen atoms in total. The summed E-state index contributed by atoms with van der Waals surface area (Å²) in [7, 11) is 0. The fraction of sp³-hybridized carbons (Fsp3) is 0.900. The molecule has 2 aliphatic heterocycles. The highest BCUT2D eigenvalue weighted by Crippen LogP contribution is 2.29. The van der Waals surface area contributed by atoms with Gasteiger partial charge in [-0.2, -0.15) is 0 Å². The van der Waals surface area contributed by atoms with Crippen LogP contribution in [0.5, 0.6) is 0 Å². The van der Waals surface area contributed by atoms with E-state index in [2.05, 4.69) is 17.3 Å². The zero-order chi connectivity index (χ0) is 10.1. The zero-order valence-electron chi connectivity index (χ0n) is 8.82. The molecule has 0 spiro atoms. The number of hydrogen-bond acceptors (Lipinski definition) is 4. The standard InChI is InChI=1S/C10H18N2O2/c1-3-8(13)9-10-7(5-11-14-10)6-12(9)4-2/h7,9-11H,3-6H2,1-2H3. The molecule has 1 N–H and O–H groups in total. The zero-order valence-corrected chi connectivity index (χ0v) is 8.82. The van der Waals surface area contributed by atoms with Gasteiger partial charge in [-0.25, -0.2) is 5.48 Å². The van der Waals surface area contributed by atoms with Crippen molar-refractivity contribution in [3.63, 3.8) is 0 Å². The van der Waals surface area contributed by atoms with Crippen molar-refractivity contribution < 1.29 is 9.63 Å². The Labute approximate surface area is 84.6 Å². The van der Waals surface area contributed by atoms with E-state index in [9.17, 15) is 4.79 Å². The molecule has 2 fully saturated rings. The smallest absolute Gasteiger partial charge is 0.152 e. The third-order valence-electron chi connectivity index (χ3n) is 3.29. The number of likely N-dealkylation sites (tertiary alicyclic amines) is 1. The summed E-state index contributed by atoms with van der Waals surface area (Å²) < 4.78 is 0. The van der Waals surface area contributed by atoms with Crippen LogP contribution in [-0.4, -0.2) is 42.5 Å². The summed E-state index contributed by atoms with van der Waals surface area (Å²) in [6, 6.07) is -0.00926. The first kappa shape index (κ1) is 10.1. The topological polar surface area (TPSA) is 41.6 Å². The molecule has 3 atom stereocenters. The Morgan fingerprint density at radius 1 is 1.57 bits per heavy atom. The molecule has 0 amide bonds. The second-order valence-electron chi connectivity index (χ2n) is 4.04. The molecule has 2 heterocycles. The van der Waals surface area contributed by atoms with Crippen molar-refractivity contribution >= 4 is 5.78 Å². The minimum atomic E-state index is -0.00926. The van der Waals surface area contributed by atoms with Crippen molar-refractivity contribution in [2.45, 2.75) is 32.4 Å². The van der Waals surface area contributed by atoms with Gasteiger partial charge in [0.2, 0.25) is 0 Å². The van der Waals surface area contributed by atoms with E-state index in [0.717, 1.165) is 19.6 Å². The molecule has 0 aliphatic carbocycles. The Morgan fingerprint density at radius 2 is 2.36 bits per heavy atom. The maximum Gasteiger partial charge on any atom is 0.152 e. The fourth-order valence-corrected chi connectivity index (χ4v) is 2.50. The van der Waals surface area contributed by atoms with Crippen molar-refractivity contribution in [2.75, 3.05) is 19.6 Å². The first-order chi connectivity index (χ1) is 6.77. The first-order valence-corrected chi connectivity index (χ1v) is 5.43. The molecule has 0 bridgehead atoms. The molecule has 2 rings (SSSR count). The maximum absolute atomic E-state index is 11.8. The Bertz CT molecular complexity index is 232. The number of fused-ring (bicyclic) bond motifs is 1. The molecule has 0 aromatic heterocycles. The van der Waals surface area contributed by atoms with Crippen LogP contribution in [0.25, 0.3) is 0 Å². The summed E-state index contributed by atoms with van der Waals surface area (Å²) >= 11 is 0. The van der Waals surface area contributed by atoms with Gasteiger partial charge in [-0.3, -0.25) is 14.5 Å². The monoisotopic (exact) mass is 198 g/mol. The lowest BCUT2D eigenvalue weighted by Gasteiger charge is -2.24. The molecule has 0 radical (unpaired) electrons. The van der Waals surface area contributed by atoms with Crippen LogP contribution in [0.15, 0.2) is 0 Å². The van der Waals surface area contributed by atoms with Gasteiger partial charge in [0.05, 0.1) is 6.04 Å². The van der Waals surface area contributed by atoms with Gasteiger partial charge in [0.25, 0.3) is 0 Å². The number of rotatable bonds is 3. The maximum atomic E-state index is 11.8. The van der Waals surface area contributed by atoms with Crippen LogP contribution < -0.4 is 5.48 Å². The van der Waals surface area contributed by atoms with E-state index in [4.69, 9.17) is 4.84 Å². The molecule has 2 aliphatic rings. The summed E-state index contributed by atoms with van der Waals surface area (Å²) in [5.41, 5.74) is 2.90. The quantitative estimate of drug-likeness (QED) is 0.703. The highest BCUT2D eigenvalue weighted by atomic mass is 16.7. The van der Waals surface area contributed by atoms with E-state index in [0.29, 0.717) is 18.1 Å². The number of ketones is 1. The van der Waals surface area contributed by atoms with E-state index in [1.54, 1.807) is 0 Å². The van der Waals surface area contributed by atoms with Gasteiger partial charge in [-0.1, -0.05) is 13.8 Å². The second-order valence-corrected chi connectivity index (χ2v) is 4.04. The third-order valence-corrected chi connectivity index (χ3v) is 3.29. The molecular weight excluding hydrogens is 180 g/mol. The molecule has 3 unspecified atom stereocenters. The van der Waals surface area contributed by atoms with Gasteiger partial charge >= 0.3 is 0 Å². The van der Waals surface area contributed by atoms with Crippen molar-refractivity contribution in [3.05, 3.63) is 0 Å². The summed E-state index contributed by atoms with van der Waals surface area (Å²) in [6.07, 6.45) is 0.690. The average Bonchev–Trinajstić information content (AvgIpc) is 2.74. The Morgan fingerprint density at radius 3 is 3.00 bits per heavy atom. The van der Waals surface area contributed by atoms with Gasteiger partial charge < -0.3 is 0 Å². The predicted octanol–water partition coefficient (Wildman–Crippen LogP) is 0.189. The van der Waals surface area contributed by atoms with Crippen molar-refractivity contribution in [1.82, 2.24) is 10.4 Å². The van der Waals surface area contributed by atoms with Gasteiger partial charge in [-0.05, 0) is 6.54 Å². The molecule has 0 saturated carbocycles. The normalized spacial score (nSPS) is 37.4. The molecule has 0 aromatic carbocycles. The Kier molecular flexibility index (Phi) is 2.85. The lowest BCUT2D eigenvalue weighted by molar-refractivity contribution is -0.127. The van der Waals surface area contributed by atoms with Crippen LogP contribution in [0.2, 0.25) is 0 Å². The highest BCUT2D eigenvalue weighted by molar-refractivity contribution is 5.84. The Hall–Kier alpha value is -0.450. The van der Waals surface area contributed by atoms with Crippen molar-refractivity contribution in [3.8, 4) is 0 Å². The molecule has 4 heteroatoms.